The lowest BCUT2D eigenvalue weighted by Gasteiger charge is -2.34. The van der Waals surface area contributed by atoms with E-state index in [9.17, 15) is 19.8 Å². The van der Waals surface area contributed by atoms with Crippen molar-refractivity contribution in [3.8, 4) is 0 Å². The smallest absolute Gasteiger partial charge is 0.264 e. The molecule has 7 nitrogen and oxygen atoms in total. The molecule has 0 saturated carbocycles. The molecule has 2 heterocycles. The Bertz CT molecular complexity index is 831. The molecule has 3 N–H and O–H groups in total. The van der Waals surface area contributed by atoms with Gasteiger partial charge >= 0.3 is 0 Å². The zero-order chi connectivity index (χ0) is 21.6. The summed E-state index contributed by atoms with van der Waals surface area (Å²) in [6, 6.07) is 5.32. The number of benzene rings is 1. The lowest BCUT2D eigenvalue weighted by atomic mass is 9.71. The number of nitrogens with zero attached hydrogens (tertiary/aromatic N) is 1. The van der Waals surface area contributed by atoms with Crippen molar-refractivity contribution in [2.24, 2.45) is 11.8 Å². The molecule has 0 aliphatic carbocycles. The van der Waals surface area contributed by atoms with Gasteiger partial charge < -0.3 is 25.2 Å². The summed E-state index contributed by atoms with van der Waals surface area (Å²) >= 11 is 0. The van der Waals surface area contributed by atoms with Crippen LogP contribution in [0.1, 0.15) is 39.7 Å². The van der Waals surface area contributed by atoms with E-state index in [4.69, 9.17) is 4.74 Å². The number of hydrogen-bond acceptors (Lipinski definition) is 5. The molecule has 1 spiro atoms. The normalized spacial score (nSPS) is 28.7. The van der Waals surface area contributed by atoms with Crippen LogP contribution in [0.25, 0.3) is 0 Å². The molecule has 158 valence electrons. The monoisotopic (exact) mass is 402 g/mol. The molecule has 29 heavy (non-hydrogen) atoms. The Hall–Kier alpha value is -2.22. The van der Waals surface area contributed by atoms with Gasteiger partial charge in [-0.25, -0.2) is 0 Å². The van der Waals surface area contributed by atoms with Crippen molar-refractivity contribution in [1.82, 2.24) is 0 Å². The van der Waals surface area contributed by atoms with Gasteiger partial charge in [0.25, 0.3) is 5.91 Å². The summed E-state index contributed by atoms with van der Waals surface area (Å²) < 4.78 is 6.42. The van der Waals surface area contributed by atoms with E-state index >= 15 is 0 Å². The Kier molecular flexibility index (Phi) is 5.60. The summed E-state index contributed by atoms with van der Waals surface area (Å²) in [6.45, 7) is 10.7. The number of ether oxygens (including phenoxy) is 1. The van der Waals surface area contributed by atoms with E-state index in [0.717, 1.165) is 0 Å². The largest absolute Gasteiger partial charge is 0.396 e. The van der Waals surface area contributed by atoms with E-state index in [-0.39, 0.29) is 30.3 Å². The zero-order valence-electron chi connectivity index (χ0n) is 17.4. The van der Waals surface area contributed by atoms with Gasteiger partial charge in [-0.2, -0.15) is 0 Å². The molecule has 3 rings (SSSR count). The Labute approximate surface area is 171 Å². The lowest BCUT2D eigenvalue weighted by Crippen LogP contribution is -2.46. The van der Waals surface area contributed by atoms with Gasteiger partial charge in [-0.3, -0.25) is 9.59 Å². The van der Waals surface area contributed by atoms with Crippen molar-refractivity contribution in [1.29, 1.82) is 0 Å². The summed E-state index contributed by atoms with van der Waals surface area (Å²) in [6.07, 6.45) is 1.48. The molecule has 1 fully saturated rings. The maximum absolute atomic E-state index is 13.7. The van der Waals surface area contributed by atoms with Gasteiger partial charge in [0.05, 0.1) is 17.4 Å². The third-order valence-electron chi connectivity index (χ3n) is 6.03. The van der Waals surface area contributed by atoms with Crippen LogP contribution >= 0.6 is 0 Å². The van der Waals surface area contributed by atoms with Crippen LogP contribution in [0.3, 0.4) is 0 Å². The van der Waals surface area contributed by atoms with Gasteiger partial charge in [0.1, 0.15) is 0 Å². The topological polar surface area (TPSA) is 99.1 Å². The number of nitrogens with one attached hydrogen (secondary N) is 1. The van der Waals surface area contributed by atoms with Gasteiger partial charge in [0.15, 0.2) is 5.60 Å². The first-order valence-corrected chi connectivity index (χ1v) is 9.94. The number of fused-ring (bicyclic) bond motifs is 2. The molecule has 0 bridgehead atoms. The molecule has 7 heteroatoms. The van der Waals surface area contributed by atoms with Crippen LogP contribution < -0.4 is 10.2 Å². The minimum Gasteiger partial charge on any atom is -0.396 e. The van der Waals surface area contributed by atoms with Crippen LogP contribution in [-0.4, -0.2) is 46.9 Å². The molecule has 0 aromatic heterocycles. The van der Waals surface area contributed by atoms with Crippen molar-refractivity contribution >= 4 is 23.2 Å². The summed E-state index contributed by atoms with van der Waals surface area (Å²) in [7, 11) is 0. The van der Waals surface area contributed by atoms with Gasteiger partial charge in [-0.15, -0.1) is 6.58 Å². The number of rotatable bonds is 6. The number of hydrogen-bond donors (Lipinski definition) is 3. The maximum Gasteiger partial charge on any atom is 0.264 e. The molecule has 4 atom stereocenters. The third kappa shape index (κ3) is 3.37. The van der Waals surface area contributed by atoms with Crippen molar-refractivity contribution in [2.75, 3.05) is 23.4 Å². The highest BCUT2D eigenvalue weighted by atomic mass is 16.5. The third-order valence-corrected chi connectivity index (χ3v) is 6.03. The van der Waals surface area contributed by atoms with Crippen LogP contribution in [0, 0.1) is 11.8 Å². The predicted molar refractivity (Wildman–Crippen MR) is 111 cm³/mol. The zero-order valence-corrected chi connectivity index (χ0v) is 17.4. The summed E-state index contributed by atoms with van der Waals surface area (Å²) in [5.74, 6) is -1.14. The van der Waals surface area contributed by atoms with Crippen LogP contribution in [0.5, 0.6) is 0 Å². The molecule has 0 radical (unpaired) electrons. The fourth-order valence-electron chi connectivity index (χ4n) is 5.07. The Morgan fingerprint density at radius 2 is 2.14 bits per heavy atom. The Morgan fingerprint density at radius 3 is 2.69 bits per heavy atom. The Morgan fingerprint density at radius 1 is 1.45 bits per heavy atom. The van der Waals surface area contributed by atoms with Crippen LogP contribution in [0.4, 0.5) is 11.4 Å². The fraction of sp³-hybridized carbons (Fsp3) is 0.545. The highest BCUT2D eigenvalue weighted by molar-refractivity contribution is 6.08. The number of carbonyl (C=O) groups is 2. The van der Waals surface area contributed by atoms with Gasteiger partial charge in [0, 0.05) is 43.2 Å². The number of aliphatic hydroxyl groups is 2. The van der Waals surface area contributed by atoms with E-state index in [0.29, 0.717) is 29.9 Å². The second-order valence-electron chi connectivity index (χ2n) is 8.49. The second kappa shape index (κ2) is 7.55. The van der Waals surface area contributed by atoms with E-state index < -0.39 is 17.3 Å². The molecule has 2 aliphatic heterocycles. The number of anilines is 2. The quantitative estimate of drug-likeness (QED) is 0.634. The van der Waals surface area contributed by atoms with E-state index in [1.807, 2.05) is 6.92 Å². The van der Waals surface area contributed by atoms with Crippen LogP contribution in [0.2, 0.25) is 0 Å². The van der Waals surface area contributed by atoms with E-state index in [1.165, 1.54) is 6.92 Å². The molecule has 0 unspecified atom stereocenters. The summed E-state index contributed by atoms with van der Waals surface area (Å²) in [5.41, 5.74) is -0.459. The molecule has 1 aromatic carbocycles. The van der Waals surface area contributed by atoms with Crippen LogP contribution in [-0.2, 0) is 19.9 Å². The van der Waals surface area contributed by atoms with Gasteiger partial charge in [-0.1, -0.05) is 13.0 Å². The van der Waals surface area contributed by atoms with Crippen molar-refractivity contribution < 1.29 is 24.5 Å². The number of amides is 2. The summed E-state index contributed by atoms with van der Waals surface area (Å²) in [4.78, 5) is 26.8. The number of carbonyl (C=O) groups excluding carboxylic acids is 2. The first kappa shape index (κ1) is 21.5. The molecular formula is C22H30N2O5. The second-order valence-corrected chi connectivity index (χ2v) is 8.49. The maximum atomic E-state index is 13.7. The predicted octanol–water partition coefficient (Wildman–Crippen LogP) is 2.18. The minimum atomic E-state index is -1.29. The van der Waals surface area contributed by atoms with E-state index in [1.54, 1.807) is 43.0 Å². The highest BCUT2D eigenvalue weighted by Gasteiger charge is 2.65. The fourth-order valence-corrected chi connectivity index (χ4v) is 5.07. The van der Waals surface area contributed by atoms with Crippen LogP contribution in [0.15, 0.2) is 30.9 Å². The first-order valence-electron chi connectivity index (χ1n) is 9.94. The SMILES string of the molecule is C=CCN1C(=O)[C@@]2(O[C@@H](CCO)[C@H](C(C)(C)O)[C@H]2C)c2cc(NC(C)=O)ccc21. The molecule has 2 amide bonds. The molecule has 1 aromatic rings. The molecule has 2 aliphatic rings. The standard InChI is InChI=1S/C22H30N2O5/c1-6-10-24-17-8-7-15(23-14(3)26)12-16(17)22(20(24)27)13(2)19(21(4,5)28)18(29-22)9-11-25/h6-8,12-13,18-19,25,28H,1,9-11H2,2-5H3,(H,23,26)/t13-,18+,19-,22+/m1/s1. The average Bonchev–Trinajstić information content (AvgIpc) is 3.03. The van der Waals surface area contributed by atoms with E-state index in [2.05, 4.69) is 11.9 Å². The average molecular weight is 402 g/mol. The Balaban J connectivity index is 2.19. The van der Waals surface area contributed by atoms with Gasteiger partial charge in [0.2, 0.25) is 5.91 Å². The van der Waals surface area contributed by atoms with Crippen molar-refractivity contribution in [2.45, 2.75) is 51.4 Å². The minimum absolute atomic E-state index is 0.108. The highest BCUT2D eigenvalue weighted by Crippen LogP contribution is 2.58. The van der Waals surface area contributed by atoms with Crippen molar-refractivity contribution in [3.05, 3.63) is 36.4 Å². The summed E-state index contributed by atoms with van der Waals surface area (Å²) in [5, 5.41) is 23.2. The molecular weight excluding hydrogens is 372 g/mol. The first-order chi connectivity index (χ1) is 13.6. The lowest BCUT2D eigenvalue weighted by molar-refractivity contribution is -0.146. The number of aliphatic hydroxyl groups excluding tert-OH is 1. The molecule has 1 saturated heterocycles. The van der Waals surface area contributed by atoms with Crippen molar-refractivity contribution in [3.63, 3.8) is 0 Å². The van der Waals surface area contributed by atoms with Gasteiger partial charge in [-0.05, 0) is 38.5 Å².